The molecule has 90 valence electrons. The molecule has 0 aliphatic carbocycles. The van der Waals surface area contributed by atoms with Gasteiger partial charge < -0.3 is 0 Å². The van der Waals surface area contributed by atoms with E-state index in [4.69, 9.17) is 0 Å². The lowest BCUT2D eigenvalue weighted by molar-refractivity contribution is -0.117. The van der Waals surface area contributed by atoms with Crippen molar-refractivity contribution in [3.8, 4) is 0 Å². The second kappa shape index (κ2) is 4.59. The van der Waals surface area contributed by atoms with Crippen LogP contribution in [-0.4, -0.2) is 11.1 Å². The molecule has 2 heterocycles. The van der Waals surface area contributed by atoms with Crippen molar-refractivity contribution in [2.45, 2.75) is 5.25 Å². The van der Waals surface area contributed by atoms with Crippen molar-refractivity contribution in [1.82, 2.24) is 0 Å². The summed E-state index contributed by atoms with van der Waals surface area (Å²) >= 11 is 2.58. The standard InChI is InChI=1S/C13H9NO2S2/c15-12-11(10-7-4-8-17-10)18-13(16)14(12)9-5-2-1-3-6-9/h1-8,11H. The fourth-order valence-corrected chi connectivity index (χ4v) is 3.75. The van der Waals surface area contributed by atoms with Crippen molar-refractivity contribution in [3.05, 3.63) is 52.7 Å². The summed E-state index contributed by atoms with van der Waals surface area (Å²) in [7, 11) is 0. The van der Waals surface area contributed by atoms with E-state index in [0.717, 1.165) is 16.6 Å². The van der Waals surface area contributed by atoms with Crippen LogP contribution in [0.25, 0.3) is 0 Å². The summed E-state index contributed by atoms with van der Waals surface area (Å²) in [5.74, 6) is -0.154. The van der Waals surface area contributed by atoms with Gasteiger partial charge in [0.25, 0.3) is 11.1 Å². The first-order valence-electron chi connectivity index (χ1n) is 5.40. The Hall–Kier alpha value is -1.59. The molecular formula is C13H9NO2S2. The topological polar surface area (TPSA) is 37.4 Å². The molecule has 1 unspecified atom stereocenters. The summed E-state index contributed by atoms with van der Waals surface area (Å²) in [5.41, 5.74) is 0.638. The summed E-state index contributed by atoms with van der Waals surface area (Å²) < 4.78 is 0. The molecule has 2 aromatic rings. The number of hydrogen-bond donors (Lipinski definition) is 0. The quantitative estimate of drug-likeness (QED) is 0.839. The molecular weight excluding hydrogens is 266 g/mol. The van der Waals surface area contributed by atoms with E-state index in [1.807, 2.05) is 35.7 Å². The van der Waals surface area contributed by atoms with E-state index >= 15 is 0 Å². The second-order valence-corrected chi connectivity index (χ2v) is 5.82. The van der Waals surface area contributed by atoms with Gasteiger partial charge in [-0.15, -0.1) is 11.3 Å². The third-order valence-corrected chi connectivity index (χ3v) is 4.82. The number of imide groups is 1. The van der Waals surface area contributed by atoms with Gasteiger partial charge in [0.15, 0.2) is 0 Å². The van der Waals surface area contributed by atoms with Crippen molar-refractivity contribution < 1.29 is 9.59 Å². The minimum Gasteiger partial charge on any atom is -0.272 e. The van der Waals surface area contributed by atoms with E-state index in [1.165, 1.54) is 16.2 Å². The van der Waals surface area contributed by atoms with E-state index in [0.29, 0.717) is 5.69 Å². The molecule has 1 atom stereocenters. The third-order valence-electron chi connectivity index (χ3n) is 2.66. The lowest BCUT2D eigenvalue weighted by atomic mass is 10.2. The summed E-state index contributed by atoms with van der Waals surface area (Å²) in [5, 5.41) is 1.32. The van der Waals surface area contributed by atoms with Crippen LogP contribution in [-0.2, 0) is 4.79 Å². The van der Waals surface area contributed by atoms with Gasteiger partial charge in [-0.25, -0.2) is 4.90 Å². The van der Waals surface area contributed by atoms with E-state index in [-0.39, 0.29) is 11.1 Å². The molecule has 0 radical (unpaired) electrons. The summed E-state index contributed by atoms with van der Waals surface area (Å²) in [6.07, 6.45) is 0. The van der Waals surface area contributed by atoms with Crippen LogP contribution in [0.5, 0.6) is 0 Å². The lowest BCUT2D eigenvalue weighted by Gasteiger charge is -2.13. The molecule has 0 bridgehead atoms. The molecule has 3 nitrogen and oxygen atoms in total. The molecule has 1 aromatic heterocycles. The van der Waals surface area contributed by atoms with Crippen LogP contribution in [0.1, 0.15) is 10.1 Å². The first-order valence-corrected chi connectivity index (χ1v) is 7.16. The van der Waals surface area contributed by atoms with E-state index in [2.05, 4.69) is 0 Å². The number of thioether (sulfide) groups is 1. The van der Waals surface area contributed by atoms with E-state index < -0.39 is 5.25 Å². The monoisotopic (exact) mass is 275 g/mol. The average molecular weight is 275 g/mol. The summed E-state index contributed by atoms with van der Waals surface area (Å²) in [6.45, 7) is 0. The van der Waals surface area contributed by atoms with E-state index in [1.54, 1.807) is 12.1 Å². The number of carbonyl (C=O) groups is 2. The fraction of sp³-hybridized carbons (Fsp3) is 0.0769. The van der Waals surface area contributed by atoms with E-state index in [9.17, 15) is 9.59 Å². The Bertz CT molecular complexity index is 580. The van der Waals surface area contributed by atoms with Crippen LogP contribution >= 0.6 is 23.1 Å². The van der Waals surface area contributed by atoms with Gasteiger partial charge in [0.05, 0.1) is 5.69 Å². The molecule has 1 aliphatic rings. The van der Waals surface area contributed by atoms with Crippen molar-refractivity contribution in [1.29, 1.82) is 0 Å². The Kier molecular flexibility index (Phi) is 2.93. The number of rotatable bonds is 2. The number of amides is 2. The minimum atomic E-state index is -0.391. The first kappa shape index (κ1) is 11.5. The number of hydrogen-bond acceptors (Lipinski definition) is 4. The highest BCUT2D eigenvalue weighted by atomic mass is 32.2. The van der Waals surface area contributed by atoms with Crippen LogP contribution in [0.2, 0.25) is 0 Å². The number of anilines is 1. The van der Waals surface area contributed by atoms with Gasteiger partial charge in [-0.3, -0.25) is 9.59 Å². The van der Waals surface area contributed by atoms with Gasteiger partial charge in [-0.05, 0) is 35.3 Å². The maximum Gasteiger partial charge on any atom is 0.294 e. The molecule has 0 saturated carbocycles. The van der Waals surface area contributed by atoms with Gasteiger partial charge in [-0.1, -0.05) is 24.3 Å². The molecule has 18 heavy (non-hydrogen) atoms. The Morgan fingerprint density at radius 1 is 1.00 bits per heavy atom. The second-order valence-electron chi connectivity index (χ2n) is 3.79. The zero-order valence-electron chi connectivity index (χ0n) is 9.28. The molecule has 1 aromatic carbocycles. The van der Waals surface area contributed by atoms with Crippen molar-refractivity contribution in [2.24, 2.45) is 0 Å². The van der Waals surface area contributed by atoms with Gasteiger partial charge in [0.2, 0.25) is 0 Å². The largest absolute Gasteiger partial charge is 0.294 e. The molecule has 1 fully saturated rings. The zero-order valence-corrected chi connectivity index (χ0v) is 10.9. The highest BCUT2D eigenvalue weighted by Gasteiger charge is 2.41. The number of thiophene rings is 1. The molecule has 0 spiro atoms. The SMILES string of the molecule is O=C1SC(c2cccs2)C(=O)N1c1ccccc1. The predicted molar refractivity (Wildman–Crippen MR) is 74.0 cm³/mol. The Labute approximate surface area is 112 Å². The van der Waals surface area contributed by atoms with Crippen LogP contribution < -0.4 is 4.90 Å². The lowest BCUT2D eigenvalue weighted by Crippen LogP contribution is -2.28. The Balaban J connectivity index is 1.95. The van der Waals surface area contributed by atoms with Crippen LogP contribution in [0.4, 0.5) is 10.5 Å². The zero-order chi connectivity index (χ0) is 12.5. The number of benzene rings is 1. The first-order chi connectivity index (χ1) is 8.77. The molecule has 3 rings (SSSR count). The number of nitrogens with zero attached hydrogens (tertiary/aromatic N) is 1. The summed E-state index contributed by atoms with van der Waals surface area (Å²) in [4.78, 5) is 26.5. The Morgan fingerprint density at radius 3 is 2.44 bits per heavy atom. The molecule has 1 aliphatic heterocycles. The van der Waals surface area contributed by atoms with Crippen molar-refractivity contribution in [2.75, 3.05) is 4.90 Å². The fourth-order valence-electron chi connectivity index (χ4n) is 1.84. The maximum absolute atomic E-state index is 12.3. The molecule has 1 saturated heterocycles. The van der Waals surface area contributed by atoms with Crippen LogP contribution in [0.15, 0.2) is 47.8 Å². The number of para-hydroxylation sites is 1. The average Bonchev–Trinajstić information content (AvgIpc) is 2.99. The predicted octanol–water partition coefficient (Wildman–Crippen LogP) is 3.69. The minimum absolute atomic E-state index is 0.154. The van der Waals surface area contributed by atoms with Gasteiger partial charge in [0, 0.05) is 4.88 Å². The van der Waals surface area contributed by atoms with Crippen LogP contribution in [0, 0.1) is 0 Å². The highest BCUT2D eigenvalue weighted by molar-refractivity contribution is 8.15. The normalized spacial score (nSPS) is 19.6. The smallest absolute Gasteiger partial charge is 0.272 e. The third kappa shape index (κ3) is 1.85. The Morgan fingerprint density at radius 2 is 1.78 bits per heavy atom. The van der Waals surface area contributed by atoms with Gasteiger partial charge in [-0.2, -0.15) is 0 Å². The molecule has 5 heteroatoms. The van der Waals surface area contributed by atoms with Crippen molar-refractivity contribution in [3.63, 3.8) is 0 Å². The summed E-state index contributed by atoms with van der Waals surface area (Å²) in [6, 6.07) is 12.8. The van der Waals surface area contributed by atoms with Gasteiger partial charge >= 0.3 is 0 Å². The number of carbonyl (C=O) groups excluding carboxylic acids is 2. The van der Waals surface area contributed by atoms with Crippen molar-refractivity contribution >= 4 is 39.9 Å². The van der Waals surface area contributed by atoms with Gasteiger partial charge in [0.1, 0.15) is 5.25 Å². The molecule has 0 N–H and O–H groups in total. The highest BCUT2D eigenvalue weighted by Crippen LogP contribution is 2.42. The molecule has 2 amide bonds. The van der Waals surface area contributed by atoms with Crippen LogP contribution in [0.3, 0.4) is 0 Å². The maximum atomic E-state index is 12.3.